The van der Waals surface area contributed by atoms with Crippen molar-refractivity contribution in [1.29, 1.82) is 0 Å². The second kappa shape index (κ2) is 9.59. The van der Waals surface area contributed by atoms with E-state index in [1.807, 2.05) is 0 Å². The highest BCUT2D eigenvalue weighted by Crippen LogP contribution is 2.34. The number of hydrogen-bond acceptors (Lipinski definition) is 9. The first-order chi connectivity index (χ1) is 18.5. The number of anilines is 2. The molecule has 1 amide bonds. The number of alkyl halides is 3. The normalized spacial score (nSPS) is 16.6. The number of aryl methyl sites for hydroxylation is 1. The van der Waals surface area contributed by atoms with Gasteiger partial charge in [-0.15, -0.1) is 0 Å². The Balaban J connectivity index is 1.35. The number of amides is 1. The van der Waals surface area contributed by atoms with E-state index in [0.717, 1.165) is 9.47 Å². The molecule has 204 valence electrons. The summed E-state index contributed by atoms with van der Waals surface area (Å²) < 4.78 is 43.4. The van der Waals surface area contributed by atoms with E-state index in [1.165, 1.54) is 54.2 Å². The number of carbonyl (C=O) groups is 1. The summed E-state index contributed by atoms with van der Waals surface area (Å²) in [5, 5.41) is 2.65. The predicted molar refractivity (Wildman–Crippen MR) is 133 cm³/mol. The summed E-state index contributed by atoms with van der Waals surface area (Å²) in [6.45, 7) is 1.76. The van der Waals surface area contributed by atoms with E-state index in [4.69, 9.17) is 0 Å². The molecular formula is C23H23F3N10O3. The summed E-state index contributed by atoms with van der Waals surface area (Å²) in [4.78, 5) is 59.8. The van der Waals surface area contributed by atoms with Crippen LogP contribution in [0.25, 0.3) is 22.6 Å². The molecule has 1 N–H and O–H groups in total. The standard InChI is InChI=1S/C23H23F3N10O3/c1-12(36-11-30-18-16(36)20(38)34(3)22(39)33(18)2)19(37)32-15-6-7-27-17(31-15)13-9-28-21(29-10-13)35-8-4-5-14(35)23(24,25)26/h6-7,9-12,14H,4-5,8H2,1-3H3,(H,27,31,32,37)/t12?,14-/m1/s1. The third kappa shape index (κ3) is 4.61. The fraction of sp³-hybridized carbons (Fsp3) is 0.391. The number of fused-ring (bicyclic) bond motifs is 1. The molecule has 1 aliphatic rings. The number of imidazole rings is 1. The van der Waals surface area contributed by atoms with Crippen LogP contribution in [0.2, 0.25) is 0 Å². The minimum absolute atomic E-state index is 0.0144. The molecule has 16 heteroatoms. The predicted octanol–water partition coefficient (Wildman–Crippen LogP) is 1.41. The zero-order valence-electron chi connectivity index (χ0n) is 21.0. The van der Waals surface area contributed by atoms with Crippen molar-refractivity contribution in [1.82, 2.24) is 38.6 Å². The number of nitrogens with one attached hydrogen (secondary N) is 1. The molecule has 2 atom stereocenters. The van der Waals surface area contributed by atoms with E-state index in [0.29, 0.717) is 12.0 Å². The zero-order valence-corrected chi connectivity index (χ0v) is 21.0. The Labute approximate surface area is 218 Å². The molecule has 0 aliphatic carbocycles. The summed E-state index contributed by atoms with van der Waals surface area (Å²) >= 11 is 0. The molecule has 0 aromatic carbocycles. The molecule has 1 fully saturated rings. The minimum Gasteiger partial charge on any atom is -0.329 e. The SMILES string of the molecule is CC(C(=O)Nc1ccnc(-c2cnc(N3CCC[C@@H]3C(F)(F)F)nc2)n1)n1cnc2c1c(=O)n(C)c(=O)n2C. The Hall–Kier alpha value is -4.63. The summed E-state index contributed by atoms with van der Waals surface area (Å²) in [5.74, 6) is -0.262. The number of hydrogen-bond donors (Lipinski definition) is 1. The van der Waals surface area contributed by atoms with Crippen LogP contribution in [0.15, 0.2) is 40.6 Å². The first kappa shape index (κ1) is 26.0. The Morgan fingerprint density at radius 2 is 1.82 bits per heavy atom. The largest absolute Gasteiger partial charge is 0.408 e. The maximum absolute atomic E-state index is 13.3. The van der Waals surface area contributed by atoms with Crippen molar-refractivity contribution in [3.8, 4) is 11.4 Å². The molecule has 1 aliphatic heterocycles. The average Bonchev–Trinajstić information content (AvgIpc) is 3.59. The Kier molecular flexibility index (Phi) is 6.40. The van der Waals surface area contributed by atoms with E-state index in [9.17, 15) is 27.6 Å². The van der Waals surface area contributed by atoms with Crippen molar-refractivity contribution >= 4 is 28.8 Å². The molecule has 4 aromatic heterocycles. The molecule has 13 nitrogen and oxygen atoms in total. The van der Waals surface area contributed by atoms with E-state index in [-0.39, 0.29) is 41.7 Å². The van der Waals surface area contributed by atoms with Crippen LogP contribution in [0.4, 0.5) is 24.9 Å². The topological polar surface area (TPSA) is 146 Å². The van der Waals surface area contributed by atoms with Crippen molar-refractivity contribution in [3.63, 3.8) is 0 Å². The number of aromatic nitrogens is 8. The summed E-state index contributed by atoms with van der Waals surface area (Å²) in [7, 11) is 2.81. The lowest BCUT2D eigenvalue weighted by Crippen LogP contribution is -2.42. The average molecular weight is 544 g/mol. The second-order valence-electron chi connectivity index (χ2n) is 9.13. The summed E-state index contributed by atoms with van der Waals surface area (Å²) in [6.07, 6.45) is 1.36. The maximum atomic E-state index is 13.3. The van der Waals surface area contributed by atoms with Crippen molar-refractivity contribution in [2.45, 2.75) is 38.0 Å². The van der Waals surface area contributed by atoms with Gasteiger partial charge in [0.2, 0.25) is 11.9 Å². The number of halogens is 3. The van der Waals surface area contributed by atoms with E-state index in [2.05, 4.69) is 30.2 Å². The Morgan fingerprint density at radius 1 is 1.10 bits per heavy atom. The molecule has 1 unspecified atom stereocenters. The molecule has 5 rings (SSSR count). The van der Waals surface area contributed by atoms with Gasteiger partial charge in [-0.25, -0.2) is 29.7 Å². The monoisotopic (exact) mass is 544 g/mol. The van der Waals surface area contributed by atoms with Crippen molar-refractivity contribution in [2.75, 3.05) is 16.8 Å². The highest BCUT2D eigenvalue weighted by atomic mass is 19.4. The van der Waals surface area contributed by atoms with Crippen LogP contribution < -0.4 is 21.5 Å². The van der Waals surface area contributed by atoms with Crippen LogP contribution in [-0.4, -0.2) is 63.3 Å². The molecule has 0 bridgehead atoms. The van der Waals surface area contributed by atoms with E-state index in [1.54, 1.807) is 6.92 Å². The van der Waals surface area contributed by atoms with Crippen LogP contribution in [-0.2, 0) is 18.9 Å². The van der Waals surface area contributed by atoms with Crippen molar-refractivity contribution in [3.05, 3.63) is 51.8 Å². The molecule has 5 heterocycles. The van der Waals surface area contributed by atoms with Gasteiger partial charge in [0.15, 0.2) is 17.0 Å². The van der Waals surface area contributed by atoms with Gasteiger partial charge in [0, 0.05) is 39.2 Å². The Morgan fingerprint density at radius 3 is 2.51 bits per heavy atom. The lowest BCUT2D eigenvalue weighted by Gasteiger charge is -2.26. The van der Waals surface area contributed by atoms with Gasteiger partial charge in [0.25, 0.3) is 5.56 Å². The molecular weight excluding hydrogens is 521 g/mol. The number of nitrogens with zero attached hydrogens (tertiary/aromatic N) is 9. The molecule has 1 saturated heterocycles. The van der Waals surface area contributed by atoms with E-state index >= 15 is 0 Å². The third-order valence-electron chi connectivity index (χ3n) is 6.66. The van der Waals surface area contributed by atoms with Gasteiger partial charge in [-0.1, -0.05) is 0 Å². The van der Waals surface area contributed by atoms with Gasteiger partial charge >= 0.3 is 11.9 Å². The second-order valence-corrected chi connectivity index (χ2v) is 9.13. The third-order valence-corrected chi connectivity index (χ3v) is 6.66. The maximum Gasteiger partial charge on any atom is 0.408 e. The van der Waals surface area contributed by atoms with Gasteiger partial charge in [-0.3, -0.25) is 18.7 Å². The van der Waals surface area contributed by atoms with Crippen LogP contribution in [0.3, 0.4) is 0 Å². The fourth-order valence-corrected chi connectivity index (χ4v) is 4.51. The highest BCUT2D eigenvalue weighted by molar-refractivity contribution is 5.93. The summed E-state index contributed by atoms with van der Waals surface area (Å²) in [5.41, 5.74) is -0.551. The summed E-state index contributed by atoms with van der Waals surface area (Å²) in [6, 6.07) is -1.07. The smallest absolute Gasteiger partial charge is 0.329 e. The number of rotatable bonds is 5. The quantitative estimate of drug-likeness (QED) is 0.394. The van der Waals surface area contributed by atoms with Crippen molar-refractivity contribution < 1.29 is 18.0 Å². The van der Waals surface area contributed by atoms with Crippen molar-refractivity contribution in [2.24, 2.45) is 14.1 Å². The lowest BCUT2D eigenvalue weighted by molar-refractivity contribution is -0.146. The lowest BCUT2D eigenvalue weighted by atomic mass is 10.2. The van der Waals surface area contributed by atoms with Gasteiger partial charge < -0.3 is 14.8 Å². The first-order valence-corrected chi connectivity index (χ1v) is 11.9. The highest BCUT2D eigenvalue weighted by Gasteiger charge is 2.46. The van der Waals surface area contributed by atoms with Crippen LogP contribution in [0.5, 0.6) is 0 Å². The molecule has 0 spiro atoms. The van der Waals surface area contributed by atoms with Crippen LogP contribution >= 0.6 is 0 Å². The van der Waals surface area contributed by atoms with Crippen LogP contribution in [0.1, 0.15) is 25.8 Å². The fourth-order valence-electron chi connectivity index (χ4n) is 4.51. The number of carbonyl (C=O) groups excluding carboxylic acids is 1. The van der Waals surface area contributed by atoms with Gasteiger partial charge in [0.05, 0.1) is 11.9 Å². The Bertz CT molecular complexity index is 1680. The molecule has 39 heavy (non-hydrogen) atoms. The zero-order chi connectivity index (χ0) is 28.1. The molecule has 4 aromatic rings. The minimum atomic E-state index is -4.38. The van der Waals surface area contributed by atoms with E-state index < -0.39 is 35.4 Å². The van der Waals surface area contributed by atoms with Gasteiger partial charge in [0.1, 0.15) is 17.9 Å². The molecule has 0 saturated carbocycles. The van der Waals surface area contributed by atoms with Crippen LogP contribution in [0, 0.1) is 0 Å². The molecule has 0 radical (unpaired) electrons. The van der Waals surface area contributed by atoms with Gasteiger partial charge in [-0.2, -0.15) is 13.2 Å². The first-order valence-electron chi connectivity index (χ1n) is 11.9. The van der Waals surface area contributed by atoms with Gasteiger partial charge in [-0.05, 0) is 25.8 Å².